The third-order valence-corrected chi connectivity index (χ3v) is 1.21. The van der Waals surface area contributed by atoms with E-state index in [1.807, 2.05) is 0 Å². The summed E-state index contributed by atoms with van der Waals surface area (Å²) in [5.74, 6) is -1.60. The molecular formula is C5H4ClF3N2O. The van der Waals surface area contributed by atoms with Crippen molar-refractivity contribution in [2.75, 3.05) is 0 Å². The quantitative estimate of drug-likeness (QED) is 0.654. The molecule has 1 atom stereocenters. The van der Waals surface area contributed by atoms with Gasteiger partial charge in [-0.05, 0) is 6.92 Å². The van der Waals surface area contributed by atoms with Crippen LogP contribution in [0.25, 0.3) is 0 Å². The van der Waals surface area contributed by atoms with Crippen molar-refractivity contribution in [3.63, 3.8) is 0 Å². The average molecular weight is 201 g/mol. The van der Waals surface area contributed by atoms with E-state index in [1.165, 1.54) is 6.92 Å². The van der Waals surface area contributed by atoms with E-state index in [9.17, 15) is 13.2 Å². The highest BCUT2D eigenvalue weighted by atomic mass is 35.5. The van der Waals surface area contributed by atoms with Gasteiger partial charge in [0.15, 0.2) is 0 Å². The zero-order valence-electron chi connectivity index (χ0n) is 5.89. The van der Waals surface area contributed by atoms with E-state index in [4.69, 9.17) is 11.6 Å². The molecule has 12 heavy (non-hydrogen) atoms. The molecule has 1 aromatic rings. The second-order valence-corrected chi connectivity index (χ2v) is 2.71. The molecular weight excluding hydrogens is 197 g/mol. The highest BCUT2D eigenvalue weighted by Gasteiger charge is 2.38. The normalized spacial score (nSPS) is 14.8. The summed E-state index contributed by atoms with van der Waals surface area (Å²) in [6.07, 6.45) is -4.60. The first-order valence-electron chi connectivity index (χ1n) is 2.96. The van der Waals surface area contributed by atoms with E-state index in [2.05, 4.69) is 14.6 Å². The van der Waals surface area contributed by atoms with Crippen LogP contribution in [0.4, 0.5) is 13.2 Å². The van der Waals surface area contributed by atoms with Crippen molar-refractivity contribution in [2.45, 2.75) is 18.5 Å². The molecule has 0 unspecified atom stereocenters. The summed E-state index contributed by atoms with van der Waals surface area (Å²) in [6, 6.07) is 0. The van der Waals surface area contributed by atoms with Crippen LogP contribution in [0.2, 0.25) is 0 Å². The van der Waals surface area contributed by atoms with Gasteiger partial charge in [-0.15, -0.1) is 21.8 Å². The van der Waals surface area contributed by atoms with Crippen molar-refractivity contribution in [1.82, 2.24) is 10.2 Å². The van der Waals surface area contributed by atoms with E-state index in [-0.39, 0.29) is 5.89 Å². The minimum absolute atomic E-state index is 0.232. The SMILES string of the molecule is C[C@@H](Cl)c1nnc(C(F)(F)F)o1. The molecule has 0 amide bonds. The van der Waals surface area contributed by atoms with Crippen LogP contribution in [0, 0.1) is 0 Å². The second kappa shape index (κ2) is 2.93. The highest BCUT2D eigenvalue weighted by molar-refractivity contribution is 6.20. The number of hydrogen-bond acceptors (Lipinski definition) is 3. The molecule has 0 spiro atoms. The first kappa shape index (κ1) is 9.31. The van der Waals surface area contributed by atoms with Gasteiger partial charge in [-0.3, -0.25) is 0 Å². The van der Waals surface area contributed by atoms with Crippen molar-refractivity contribution in [3.8, 4) is 0 Å². The predicted molar refractivity (Wildman–Crippen MR) is 33.6 cm³/mol. The maximum Gasteiger partial charge on any atom is 0.470 e. The molecule has 0 saturated heterocycles. The first-order chi connectivity index (χ1) is 5.41. The molecule has 0 aliphatic heterocycles. The monoisotopic (exact) mass is 200 g/mol. The molecule has 0 radical (unpaired) electrons. The van der Waals surface area contributed by atoms with Gasteiger partial charge in [0.1, 0.15) is 5.38 Å². The Morgan fingerprint density at radius 3 is 2.25 bits per heavy atom. The van der Waals surface area contributed by atoms with Crippen LogP contribution in [0.15, 0.2) is 4.42 Å². The molecule has 0 saturated carbocycles. The van der Waals surface area contributed by atoms with Crippen molar-refractivity contribution < 1.29 is 17.6 Å². The molecule has 0 fully saturated rings. The lowest BCUT2D eigenvalue weighted by Gasteiger charge is -1.97. The van der Waals surface area contributed by atoms with Crippen LogP contribution in [0.3, 0.4) is 0 Å². The molecule has 0 N–H and O–H groups in total. The largest absolute Gasteiger partial charge is 0.470 e. The van der Waals surface area contributed by atoms with Crippen LogP contribution in [-0.2, 0) is 6.18 Å². The van der Waals surface area contributed by atoms with E-state index >= 15 is 0 Å². The fraction of sp³-hybridized carbons (Fsp3) is 0.600. The molecule has 0 aliphatic carbocycles. The Morgan fingerprint density at radius 1 is 1.42 bits per heavy atom. The summed E-state index contributed by atoms with van der Waals surface area (Å²) in [5, 5.41) is 5.18. The summed E-state index contributed by atoms with van der Waals surface area (Å²) in [4.78, 5) is 0. The number of alkyl halides is 4. The molecule has 68 valence electrons. The number of aromatic nitrogens is 2. The van der Waals surface area contributed by atoms with Crippen LogP contribution >= 0.6 is 11.6 Å². The predicted octanol–water partition coefficient (Wildman–Crippen LogP) is 2.39. The maximum absolute atomic E-state index is 11.8. The van der Waals surface area contributed by atoms with E-state index < -0.39 is 17.4 Å². The molecule has 0 bridgehead atoms. The number of hydrogen-bond donors (Lipinski definition) is 0. The Bertz CT molecular complexity index is 270. The number of rotatable bonds is 1. The van der Waals surface area contributed by atoms with Gasteiger partial charge in [0, 0.05) is 0 Å². The zero-order chi connectivity index (χ0) is 9.35. The fourth-order valence-corrected chi connectivity index (χ4v) is 0.598. The smallest absolute Gasteiger partial charge is 0.416 e. The van der Waals surface area contributed by atoms with Crippen LogP contribution in [0.1, 0.15) is 24.1 Å². The molecule has 7 heteroatoms. The highest BCUT2D eigenvalue weighted by Crippen LogP contribution is 2.29. The van der Waals surface area contributed by atoms with Crippen LogP contribution in [-0.4, -0.2) is 10.2 Å². The van der Waals surface area contributed by atoms with Crippen molar-refractivity contribution in [2.24, 2.45) is 0 Å². The fourth-order valence-electron chi connectivity index (χ4n) is 0.510. The topological polar surface area (TPSA) is 38.9 Å². The Morgan fingerprint density at radius 2 is 2.00 bits per heavy atom. The Balaban J connectivity index is 2.92. The van der Waals surface area contributed by atoms with E-state index in [0.717, 1.165) is 0 Å². The lowest BCUT2D eigenvalue weighted by molar-refractivity contribution is -0.157. The Hall–Kier alpha value is -0.780. The molecule has 1 rings (SSSR count). The van der Waals surface area contributed by atoms with Crippen molar-refractivity contribution >= 4 is 11.6 Å². The van der Waals surface area contributed by atoms with Gasteiger partial charge in [0.05, 0.1) is 0 Å². The summed E-state index contributed by atoms with van der Waals surface area (Å²) >= 11 is 5.40. The standard InChI is InChI=1S/C5H4ClF3N2O/c1-2(6)3-10-11-4(12-3)5(7,8)9/h2H,1H3/t2-/m1/s1. The van der Waals surface area contributed by atoms with Crippen molar-refractivity contribution in [1.29, 1.82) is 0 Å². The van der Waals surface area contributed by atoms with Gasteiger partial charge >= 0.3 is 12.1 Å². The maximum atomic E-state index is 11.8. The zero-order valence-corrected chi connectivity index (χ0v) is 6.65. The van der Waals surface area contributed by atoms with Crippen molar-refractivity contribution in [3.05, 3.63) is 11.8 Å². The lowest BCUT2D eigenvalue weighted by Crippen LogP contribution is -2.04. The summed E-state index contributed by atoms with van der Waals surface area (Å²) in [5.41, 5.74) is 0. The van der Waals surface area contributed by atoms with Crippen LogP contribution in [0.5, 0.6) is 0 Å². The van der Waals surface area contributed by atoms with Gasteiger partial charge < -0.3 is 4.42 Å². The molecule has 3 nitrogen and oxygen atoms in total. The van der Waals surface area contributed by atoms with Gasteiger partial charge in [0.25, 0.3) is 0 Å². The minimum atomic E-state index is -4.60. The molecule has 1 aromatic heterocycles. The van der Waals surface area contributed by atoms with Gasteiger partial charge in [-0.2, -0.15) is 13.2 Å². The lowest BCUT2D eigenvalue weighted by atomic mass is 10.5. The third-order valence-electron chi connectivity index (χ3n) is 1.02. The summed E-state index contributed by atoms with van der Waals surface area (Å²) in [6.45, 7) is 1.44. The molecule has 0 aliphatic rings. The van der Waals surface area contributed by atoms with Crippen LogP contribution < -0.4 is 0 Å². The summed E-state index contributed by atoms with van der Waals surface area (Å²) in [7, 11) is 0. The molecule has 1 heterocycles. The third kappa shape index (κ3) is 1.88. The number of nitrogens with zero attached hydrogens (tertiary/aromatic N) is 2. The number of halogens is 4. The van der Waals surface area contributed by atoms with Gasteiger partial charge in [-0.1, -0.05) is 0 Å². The van der Waals surface area contributed by atoms with E-state index in [0.29, 0.717) is 0 Å². The summed E-state index contributed by atoms with van der Waals surface area (Å²) < 4.78 is 39.7. The second-order valence-electron chi connectivity index (χ2n) is 2.06. The van der Waals surface area contributed by atoms with Gasteiger partial charge in [0.2, 0.25) is 5.89 Å². The van der Waals surface area contributed by atoms with E-state index in [1.54, 1.807) is 0 Å². The molecule has 0 aromatic carbocycles. The minimum Gasteiger partial charge on any atom is -0.416 e. The first-order valence-corrected chi connectivity index (χ1v) is 3.39. The Kier molecular flexibility index (Phi) is 2.27. The average Bonchev–Trinajstić information content (AvgIpc) is 2.30. The Labute approximate surface area is 70.5 Å². The van der Waals surface area contributed by atoms with Gasteiger partial charge in [-0.25, -0.2) is 0 Å².